The number of aryl methyl sites for hydroxylation is 1. The molecule has 4 nitrogen and oxygen atoms in total. The lowest BCUT2D eigenvalue weighted by atomic mass is 9.89. The third-order valence-electron chi connectivity index (χ3n) is 2.93. The fourth-order valence-electron chi connectivity index (χ4n) is 2.11. The van der Waals surface area contributed by atoms with Crippen LogP contribution in [0.2, 0.25) is 0 Å². The number of nitrogens with one attached hydrogen (secondary N) is 1. The second kappa shape index (κ2) is 6.34. The Labute approximate surface area is 110 Å². The number of aliphatic hydroxyl groups is 1. The highest BCUT2D eigenvalue weighted by Crippen LogP contribution is 2.23. The Balaban J connectivity index is 2.57. The zero-order valence-corrected chi connectivity index (χ0v) is 12.3. The van der Waals surface area contributed by atoms with E-state index in [1.165, 1.54) is 5.56 Å². The number of aromatic nitrogens is 2. The molecular weight excluding hydrogens is 226 g/mol. The fourth-order valence-corrected chi connectivity index (χ4v) is 2.11. The Bertz CT molecular complexity index is 366. The van der Waals surface area contributed by atoms with Crippen LogP contribution in [0.25, 0.3) is 0 Å². The van der Waals surface area contributed by atoms with E-state index in [1.807, 2.05) is 11.7 Å². The van der Waals surface area contributed by atoms with Gasteiger partial charge in [-0.1, -0.05) is 34.1 Å². The van der Waals surface area contributed by atoms with E-state index in [4.69, 9.17) is 0 Å². The van der Waals surface area contributed by atoms with E-state index >= 15 is 0 Å². The summed E-state index contributed by atoms with van der Waals surface area (Å²) in [5.74, 6) is 0. The van der Waals surface area contributed by atoms with Gasteiger partial charge in [0.1, 0.15) is 0 Å². The minimum Gasteiger partial charge on any atom is -0.392 e. The van der Waals surface area contributed by atoms with Crippen molar-refractivity contribution in [3.63, 3.8) is 0 Å². The van der Waals surface area contributed by atoms with E-state index < -0.39 is 0 Å². The van der Waals surface area contributed by atoms with Gasteiger partial charge in [-0.25, -0.2) is 0 Å². The highest BCUT2D eigenvalue weighted by Gasteiger charge is 2.21. The highest BCUT2D eigenvalue weighted by molar-refractivity contribution is 5.23. The molecule has 2 N–H and O–H groups in total. The van der Waals surface area contributed by atoms with Crippen molar-refractivity contribution in [3.05, 3.63) is 17.5 Å². The number of nitrogens with zero attached hydrogens (tertiary/aromatic N) is 2. The molecule has 104 valence electrons. The molecule has 0 amide bonds. The summed E-state index contributed by atoms with van der Waals surface area (Å²) in [4.78, 5) is 0. The molecule has 1 aromatic heterocycles. The molecular formula is C14H27N3O. The molecule has 18 heavy (non-hydrogen) atoms. The molecule has 0 saturated carbocycles. The van der Waals surface area contributed by atoms with Gasteiger partial charge < -0.3 is 10.4 Å². The van der Waals surface area contributed by atoms with E-state index in [0.29, 0.717) is 6.54 Å². The van der Waals surface area contributed by atoms with Gasteiger partial charge in [0, 0.05) is 37.3 Å². The van der Waals surface area contributed by atoms with Crippen molar-refractivity contribution >= 4 is 0 Å². The van der Waals surface area contributed by atoms with Crippen molar-refractivity contribution in [2.45, 2.75) is 58.6 Å². The molecule has 0 aliphatic carbocycles. The molecule has 1 unspecified atom stereocenters. The normalized spacial score (nSPS) is 13.9. The first kappa shape index (κ1) is 15.2. The van der Waals surface area contributed by atoms with Crippen LogP contribution in [0.15, 0.2) is 6.20 Å². The summed E-state index contributed by atoms with van der Waals surface area (Å²) in [7, 11) is 1.95. The molecule has 1 rings (SSSR count). The first-order valence-corrected chi connectivity index (χ1v) is 6.76. The summed E-state index contributed by atoms with van der Waals surface area (Å²) in [6, 6.07) is 0. The van der Waals surface area contributed by atoms with Gasteiger partial charge in [0.2, 0.25) is 0 Å². The Kier molecular flexibility index (Phi) is 5.35. The number of aliphatic hydroxyl groups excluding tert-OH is 1. The zero-order valence-electron chi connectivity index (χ0n) is 12.3. The lowest BCUT2D eigenvalue weighted by Gasteiger charge is -2.18. The number of hydrogen-bond donors (Lipinski definition) is 2. The highest BCUT2D eigenvalue weighted by atomic mass is 16.3. The maximum Gasteiger partial charge on any atom is 0.0722 e. The van der Waals surface area contributed by atoms with Crippen LogP contribution >= 0.6 is 0 Å². The van der Waals surface area contributed by atoms with Gasteiger partial charge in [-0.05, 0) is 6.42 Å². The molecule has 0 bridgehead atoms. The minimum absolute atomic E-state index is 0.0559. The minimum atomic E-state index is -0.246. The van der Waals surface area contributed by atoms with Gasteiger partial charge in [-0.3, -0.25) is 4.68 Å². The van der Waals surface area contributed by atoms with Crippen molar-refractivity contribution in [2.75, 3.05) is 6.54 Å². The summed E-state index contributed by atoms with van der Waals surface area (Å²) in [6.07, 6.45) is 3.68. The molecule has 1 atom stereocenters. The van der Waals surface area contributed by atoms with E-state index in [9.17, 15) is 5.11 Å². The molecule has 0 spiro atoms. The van der Waals surface area contributed by atoms with E-state index in [1.54, 1.807) is 0 Å². The maximum absolute atomic E-state index is 9.68. The number of rotatable bonds is 6. The third kappa shape index (κ3) is 4.42. The van der Waals surface area contributed by atoms with Crippen LogP contribution in [0, 0.1) is 0 Å². The monoisotopic (exact) mass is 253 g/mol. The van der Waals surface area contributed by atoms with Gasteiger partial charge in [0.15, 0.2) is 0 Å². The topological polar surface area (TPSA) is 50.1 Å². The van der Waals surface area contributed by atoms with E-state index in [2.05, 4.69) is 44.3 Å². The molecule has 4 heteroatoms. The van der Waals surface area contributed by atoms with E-state index in [-0.39, 0.29) is 11.5 Å². The van der Waals surface area contributed by atoms with Crippen LogP contribution in [0.3, 0.4) is 0 Å². The summed E-state index contributed by atoms with van der Waals surface area (Å²) >= 11 is 0. The average molecular weight is 253 g/mol. The Morgan fingerprint density at radius 2 is 2.11 bits per heavy atom. The van der Waals surface area contributed by atoms with Crippen LogP contribution in [0.5, 0.6) is 0 Å². The average Bonchev–Trinajstić information content (AvgIpc) is 2.60. The van der Waals surface area contributed by atoms with Crippen LogP contribution < -0.4 is 5.32 Å². The lowest BCUT2D eigenvalue weighted by molar-refractivity contribution is 0.160. The zero-order chi connectivity index (χ0) is 13.8. The molecule has 0 fully saturated rings. The van der Waals surface area contributed by atoms with E-state index in [0.717, 1.165) is 25.1 Å². The summed E-state index contributed by atoms with van der Waals surface area (Å²) in [5.41, 5.74) is 2.40. The first-order valence-electron chi connectivity index (χ1n) is 6.76. The first-order chi connectivity index (χ1) is 8.34. The predicted octanol–water partition coefficient (Wildman–Crippen LogP) is 1.97. The number of hydrogen-bond acceptors (Lipinski definition) is 3. The molecule has 1 aromatic rings. The Morgan fingerprint density at radius 1 is 1.44 bits per heavy atom. The molecule has 0 aliphatic rings. The third-order valence-corrected chi connectivity index (χ3v) is 2.93. The fraction of sp³-hybridized carbons (Fsp3) is 0.786. The van der Waals surface area contributed by atoms with Gasteiger partial charge >= 0.3 is 0 Å². The molecule has 0 aliphatic heterocycles. The van der Waals surface area contributed by atoms with Gasteiger partial charge in [0.05, 0.1) is 11.8 Å². The standard InChI is InChI=1S/C14H27N3O/c1-6-7-12(18)9-15-8-11-10-17(5)16-13(11)14(2,3)4/h10,12,15,18H,6-9H2,1-5H3. The maximum atomic E-state index is 9.68. The van der Waals surface area contributed by atoms with Crippen molar-refractivity contribution in [2.24, 2.45) is 7.05 Å². The molecule has 0 radical (unpaired) electrons. The smallest absolute Gasteiger partial charge is 0.0722 e. The van der Waals surface area contributed by atoms with Gasteiger partial charge in [-0.2, -0.15) is 5.10 Å². The summed E-state index contributed by atoms with van der Waals surface area (Å²) in [6.45, 7) is 10.0. The van der Waals surface area contributed by atoms with Crippen LogP contribution in [-0.2, 0) is 19.0 Å². The Morgan fingerprint density at radius 3 is 2.67 bits per heavy atom. The summed E-state index contributed by atoms with van der Waals surface area (Å²) in [5, 5.41) is 17.5. The van der Waals surface area contributed by atoms with Crippen LogP contribution in [-0.4, -0.2) is 27.5 Å². The van der Waals surface area contributed by atoms with Gasteiger partial charge in [-0.15, -0.1) is 0 Å². The quantitative estimate of drug-likeness (QED) is 0.815. The summed E-state index contributed by atoms with van der Waals surface area (Å²) < 4.78 is 1.86. The van der Waals surface area contributed by atoms with Crippen LogP contribution in [0.1, 0.15) is 51.8 Å². The van der Waals surface area contributed by atoms with Crippen molar-refractivity contribution in [1.29, 1.82) is 0 Å². The largest absolute Gasteiger partial charge is 0.392 e. The van der Waals surface area contributed by atoms with Crippen molar-refractivity contribution in [1.82, 2.24) is 15.1 Å². The predicted molar refractivity (Wildman–Crippen MR) is 74.5 cm³/mol. The molecule has 0 aromatic carbocycles. The second-order valence-electron chi connectivity index (χ2n) is 6.00. The second-order valence-corrected chi connectivity index (χ2v) is 6.00. The molecule has 1 heterocycles. The molecule has 0 saturated heterocycles. The SMILES string of the molecule is CCCC(O)CNCc1cn(C)nc1C(C)(C)C. The lowest BCUT2D eigenvalue weighted by Crippen LogP contribution is -2.27. The van der Waals surface area contributed by atoms with Crippen LogP contribution in [0.4, 0.5) is 0 Å². The van der Waals surface area contributed by atoms with Crippen molar-refractivity contribution < 1.29 is 5.11 Å². The van der Waals surface area contributed by atoms with Gasteiger partial charge in [0.25, 0.3) is 0 Å². The Hall–Kier alpha value is -0.870. The van der Waals surface area contributed by atoms with Crippen molar-refractivity contribution in [3.8, 4) is 0 Å².